The summed E-state index contributed by atoms with van der Waals surface area (Å²) in [6.45, 7) is 4.07. The summed E-state index contributed by atoms with van der Waals surface area (Å²) in [5.41, 5.74) is 13.3. The van der Waals surface area contributed by atoms with Crippen molar-refractivity contribution in [1.82, 2.24) is 0 Å². The maximum Gasteiger partial charge on any atom is 0.337 e. The second-order valence-electron chi connectivity index (χ2n) is 4.00. The minimum atomic E-state index is -1.02. The van der Waals surface area contributed by atoms with E-state index < -0.39 is 5.97 Å². The van der Waals surface area contributed by atoms with Crippen LogP contribution in [0.4, 0.5) is 11.4 Å². The molecule has 0 aromatic heterocycles. The molecule has 1 aromatic carbocycles. The molecule has 0 aliphatic carbocycles. The predicted octanol–water partition coefficient (Wildman–Crippen LogP) is 1.75. The zero-order chi connectivity index (χ0) is 11.6. The Morgan fingerprint density at radius 2 is 2.00 bits per heavy atom. The molecule has 1 aromatic rings. The molecule has 0 bridgehead atoms. The van der Waals surface area contributed by atoms with Gasteiger partial charge < -0.3 is 16.6 Å². The van der Waals surface area contributed by atoms with Crippen LogP contribution in [0.25, 0.3) is 0 Å². The summed E-state index contributed by atoms with van der Waals surface area (Å²) >= 11 is 0. The molecule has 4 heteroatoms. The number of anilines is 2. The fourth-order valence-electron chi connectivity index (χ4n) is 1.50. The third-order valence-electron chi connectivity index (χ3n) is 2.24. The van der Waals surface area contributed by atoms with Gasteiger partial charge in [-0.2, -0.15) is 0 Å². The molecule has 0 heterocycles. The van der Waals surface area contributed by atoms with Gasteiger partial charge in [0.15, 0.2) is 0 Å². The number of aromatic carboxylic acids is 1. The summed E-state index contributed by atoms with van der Waals surface area (Å²) in [5.74, 6) is -0.629. The van der Waals surface area contributed by atoms with Gasteiger partial charge in [-0.25, -0.2) is 4.79 Å². The summed E-state index contributed by atoms with van der Waals surface area (Å²) in [6, 6.07) is 3.04. The largest absolute Gasteiger partial charge is 0.478 e. The SMILES string of the molecule is CC(C)Cc1c(N)ccc(C(=O)O)c1N. The van der Waals surface area contributed by atoms with E-state index >= 15 is 0 Å². The molecule has 0 aliphatic rings. The van der Waals surface area contributed by atoms with Gasteiger partial charge in [0.25, 0.3) is 0 Å². The van der Waals surface area contributed by atoms with Crippen molar-refractivity contribution in [2.24, 2.45) is 5.92 Å². The molecule has 0 saturated carbocycles. The van der Waals surface area contributed by atoms with E-state index in [0.717, 1.165) is 5.56 Å². The van der Waals surface area contributed by atoms with E-state index in [4.69, 9.17) is 16.6 Å². The van der Waals surface area contributed by atoms with Gasteiger partial charge in [-0.05, 0) is 30.0 Å². The standard InChI is InChI=1S/C11H16N2O2/c1-6(2)5-8-9(12)4-3-7(10(8)13)11(14)15/h3-4,6H,5,12-13H2,1-2H3,(H,14,15). The molecular weight excluding hydrogens is 192 g/mol. The van der Waals surface area contributed by atoms with E-state index in [0.29, 0.717) is 18.0 Å². The number of carboxylic acids is 1. The van der Waals surface area contributed by atoms with Crippen LogP contribution in [0.15, 0.2) is 12.1 Å². The number of nitrogens with two attached hydrogens (primary N) is 2. The van der Waals surface area contributed by atoms with Crippen molar-refractivity contribution in [3.05, 3.63) is 23.3 Å². The van der Waals surface area contributed by atoms with Gasteiger partial charge in [0.05, 0.1) is 11.3 Å². The number of carbonyl (C=O) groups is 1. The van der Waals surface area contributed by atoms with E-state index in [1.165, 1.54) is 6.07 Å². The maximum atomic E-state index is 10.9. The molecule has 1 rings (SSSR count). The fourth-order valence-corrected chi connectivity index (χ4v) is 1.50. The van der Waals surface area contributed by atoms with E-state index in [2.05, 4.69) is 0 Å². The Kier molecular flexibility index (Phi) is 3.19. The van der Waals surface area contributed by atoms with Crippen LogP contribution in [-0.4, -0.2) is 11.1 Å². The third kappa shape index (κ3) is 2.40. The zero-order valence-electron chi connectivity index (χ0n) is 8.95. The number of rotatable bonds is 3. The smallest absolute Gasteiger partial charge is 0.337 e. The quantitative estimate of drug-likeness (QED) is 0.660. The highest BCUT2D eigenvalue weighted by atomic mass is 16.4. The lowest BCUT2D eigenvalue weighted by Crippen LogP contribution is -2.09. The van der Waals surface area contributed by atoms with Gasteiger partial charge in [-0.15, -0.1) is 0 Å². The molecule has 15 heavy (non-hydrogen) atoms. The van der Waals surface area contributed by atoms with Gasteiger partial charge in [-0.3, -0.25) is 0 Å². The van der Waals surface area contributed by atoms with Crippen molar-refractivity contribution in [1.29, 1.82) is 0 Å². The average Bonchev–Trinajstić information content (AvgIpc) is 2.11. The first kappa shape index (κ1) is 11.4. The highest BCUT2D eigenvalue weighted by Gasteiger charge is 2.14. The van der Waals surface area contributed by atoms with Gasteiger partial charge in [0.1, 0.15) is 0 Å². The second-order valence-corrected chi connectivity index (χ2v) is 4.00. The Balaban J connectivity index is 3.24. The van der Waals surface area contributed by atoms with Gasteiger partial charge >= 0.3 is 5.97 Å². The van der Waals surface area contributed by atoms with Crippen LogP contribution in [0.5, 0.6) is 0 Å². The lowest BCUT2D eigenvalue weighted by Gasteiger charge is -2.13. The summed E-state index contributed by atoms with van der Waals surface area (Å²) in [6.07, 6.45) is 0.693. The molecule has 0 amide bonds. The third-order valence-corrected chi connectivity index (χ3v) is 2.24. The van der Waals surface area contributed by atoms with Crippen molar-refractivity contribution in [3.8, 4) is 0 Å². The highest BCUT2D eigenvalue weighted by Crippen LogP contribution is 2.26. The van der Waals surface area contributed by atoms with E-state index in [9.17, 15) is 4.79 Å². The summed E-state index contributed by atoms with van der Waals surface area (Å²) in [4.78, 5) is 10.9. The minimum absolute atomic E-state index is 0.125. The van der Waals surface area contributed by atoms with Crippen LogP contribution in [0.1, 0.15) is 29.8 Å². The number of benzene rings is 1. The summed E-state index contributed by atoms with van der Waals surface area (Å²) in [7, 11) is 0. The monoisotopic (exact) mass is 208 g/mol. The Labute approximate surface area is 88.9 Å². The van der Waals surface area contributed by atoms with Crippen molar-refractivity contribution in [3.63, 3.8) is 0 Å². The first-order valence-electron chi connectivity index (χ1n) is 4.83. The first-order chi connectivity index (χ1) is 6.93. The van der Waals surface area contributed by atoms with Crippen molar-refractivity contribution >= 4 is 17.3 Å². The van der Waals surface area contributed by atoms with Crippen LogP contribution in [0, 0.1) is 5.92 Å². The van der Waals surface area contributed by atoms with Crippen molar-refractivity contribution in [2.75, 3.05) is 11.5 Å². The maximum absolute atomic E-state index is 10.9. The molecule has 82 valence electrons. The van der Waals surface area contributed by atoms with Gasteiger partial charge in [0.2, 0.25) is 0 Å². The molecule has 0 fully saturated rings. The van der Waals surface area contributed by atoms with Crippen LogP contribution in [-0.2, 0) is 6.42 Å². The molecule has 5 N–H and O–H groups in total. The fraction of sp³-hybridized carbons (Fsp3) is 0.364. The average molecular weight is 208 g/mol. The first-order valence-corrected chi connectivity index (χ1v) is 4.83. The van der Waals surface area contributed by atoms with Crippen molar-refractivity contribution < 1.29 is 9.90 Å². The van der Waals surface area contributed by atoms with E-state index in [-0.39, 0.29) is 11.3 Å². The molecular formula is C11H16N2O2. The zero-order valence-corrected chi connectivity index (χ0v) is 8.95. The van der Waals surface area contributed by atoms with Crippen LogP contribution in [0.2, 0.25) is 0 Å². The molecule has 0 spiro atoms. The van der Waals surface area contributed by atoms with Crippen LogP contribution < -0.4 is 11.5 Å². The predicted molar refractivity (Wildman–Crippen MR) is 60.8 cm³/mol. The lowest BCUT2D eigenvalue weighted by molar-refractivity contribution is 0.0698. The Bertz CT molecular complexity index is 386. The summed E-state index contributed by atoms with van der Waals surface area (Å²) < 4.78 is 0. The molecule has 0 radical (unpaired) electrons. The van der Waals surface area contributed by atoms with Crippen LogP contribution in [0.3, 0.4) is 0 Å². The lowest BCUT2D eigenvalue weighted by atomic mass is 9.97. The molecule has 0 aliphatic heterocycles. The van der Waals surface area contributed by atoms with E-state index in [1.54, 1.807) is 6.07 Å². The minimum Gasteiger partial charge on any atom is -0.478 e. The number of hydrogen-bond donors (Lipinski definition) is 3. The Hall–Kier alpha value is -1.71. The number of hydrogen-bond acceptors (Lipinski definition) is 3. The molecule has 4 nitrogen and oxygen atoms in total. The van der Waals surface area contributed by atoms with Gasteiger partial charge in [0, 0.05) is 5.69 Å². The Morgan fingerprint density at radius 1 is 1.40 bits per heavy atom. The molecule has 0 unspecified atom stereocenters. The Morgan fingerprint density at radius 3 is 2.47 bits per heavy atom. The van der Waals surface area contributed by atoms with Crippen LogP contribution >= 0.6 is 0 Å². The normalized spacial score (nSPS) is 10.6. The molecule has 0 atom stereocenters. The highest BCUT2D eigenvalue weighted by molar-refractivity contribution is 5.95. The summed E-state index contributed by atoms with van der Waals surface area (Å²) in [5, 5.41) is 8.89. The van der Waals surface area contributed by atoms with Crippen molar-refractivity contribution in [2.45, 2.75) is 20.3 Å². The second kappa shape index (κ2) is 4.21. The molecule has 0 saturated heterocycles. The topological polar surface area (TPSA) is 89.3 Å². The van der Waals surface area contributed by atoms with E-state index in [1.807, 2.05) is 13.8 Å². The van der Waals surface area contributed by atoms with Gasteiger partial charge in [-0.1, -0.05) is 13.8 Å². The number of nitrogen functional groups attached to an aromatic ring is 2. The number of carboxylic acid groups (broad SMARTS) is 1.